The second-order valence-electron chi connectivity index (χ2n) is 7.02. The molecule has 0 spiro atoms. The van der Waals surface area contributed by atoms with E-state index in [1.54, 1.807) is 0 Å². The van der Waals surface area contributed by atoms with Crippen LogP contribution in [0.15, 0.2) is 78.9 Å². The van der Waals surface area contributed by atoms with Crippen molar-refractivity contribution in [3.05, 3.63) is 95.7 Å². The Hall–Kier alpha value is -3.33. The molecule has 0 radical (unpaired) electrons. The molecule has 3 heteroatoms. The number of rotatable bonds is 2. The molecule has 0 bridgehead atoms. The molecule has 1 amide bonds. The van der Waals surface area contributed by atoms with Crippen LogP contribution in [0, 0.1) is 0 Å². The molecule has 0 saturated heterocycles. The van der Waals surface area contributed by atoms with Gasteiger partial charge < -0.3 is 9.88 Å². The fourth-order valence-electron chi connectivity index (χ4n) is 4.08. The van der Waals surface area contributed by atoms with Crippen molar-refractivity contribution < 1.29 is 4.79 Å². The Bertz CT molecular complexity index is 1130. The van der Waals surface area contributed by atoms with Crippen LogP contribution in [0.3, 0.4) is 0 Å². The van der Waals surface area contributed by atoms with Crippen LogP contribution in [-0.4, -0.2) is 22.3 Å². The standard InChI is InChI=1S/C24H20N2O/c27-24(21-12-5-4-10-18(21)17-8-2-1-3-9-17)26-15-14-20-19-11-6-7-13-22(19)25-23(20)16-26/h1-13,25H,14-16H2. The molecular weight excluding hydrogens is 332 g/mol. The van der Waals surface area contributed by atoms with Gasteiger partial charge >= 0.3 is 0 Å². The van der Waals surface area contributed by atoms with Crippen LogP contribution in [0.25, 0.3) is 22.0 Å². The van der Waals surface area contributed by atoms with Gasteiger partial charge in [0, 0.05) is 28.7 Å². The van der Waals surface area contributed by atoms with Gasteiger partial charge in [-0.25, -0.2) is 0 Å². The van der Waals surface area contributed by atoms with Crippen LogP contribution in [0.1, 0.15) is 21.6 Å². The lowest BCUT2D eigenvalue weighted by atomic mass is 9.97. The van der Waals surface area contributed by atoms with E-state index in [1.165, 1.54) is 10.9 Å². The summed E-state index contributed by atoms with van der Waals surface area (Å²) in [5.74, 6) is 0.0961. The Morgan fingerprint density at radius 3 is 2.48 bits per heavy atom. The molecule has 1 aromatic heterocycles. The molecule has 1 N–H and O–H groups in total. The molecule has 132 valence electrons. The number of nitrogens with zero attached hydrogens (tertiary/aromatic N) is 1. The summed E-state index contributed by atoms with van der Waals surface area (Å²) < 4.78 is 0. The third kappa shape index (κ3) is 2.72. The average Bonchev–Trinajstić information content (AvgIpc) is 3.11. The normalized spacial score (nSPS) is 13.6. The van der Waals surface area contributed by atoms with E-state index in [0.717, 1.165) is 40.9 Å². The Morgan fingerprint density at radius 2 is 1.59 bits per heavy atom. The number of hydrogen-bond donors (Lipinski definition) is 1. The zero-order chi connectivity index (χ0) is 18.2. The van der Waals surface area contributed by atoms with E-state index in [4.69, 9.17) is 0 Å². The van der Waals surface area contributed by atoms with E-state index >= 15 is 0 Å². The van der Waals surface area contributed by atoms with E-state index in [1.807, 2.05) is 53.4 Å². The minimum atomic E-state index is 0.0961. The first-order valence-corrected chi connectivity index (χ1v) is 9.33. The Kier molecular flexibility index (Phi) is 3.79. The zero-order valence-corrected chi connectivity index (χ0v) is 15.0. The number of carbonyl (C=O) groups excluding carboxylic acids is 1. The summed E-state index contributed by atoms with van der Waals surface area (Å²) >= 11 is 0. The molecule has 4 aromatic rings. The fraction of sp³-hybridized carbons (Fsp3) is 0.125. The maximum absolute atomic E-state index is 13.3. The molecular formula is C24H20N2O. The van der Waals surface area contributed by atoms with Gasteiger partial charge in [-0.15, -0.1) is 0 Å². The topological polar surface area (TPSA) is 36.1 Å². The minimum absolute atomic E-state index is 0.0961. The summed E-state index contributed by atoms with van der Waals surface area (Å²) in [5.41, 5.74) is 6.50. The smallest absolute Gasteiger partial charge is 0.254 e. The third-order valence-electron chi connectivity index (χ3n) is 5.41. The van der Waals surface area contributed by atoms with Gasteiger partial charge in [-0.1, -0.05) is 66.7 Å². The Balaban J connectivity index is 1.49. The van der Waals surface area contributed by atoms with Crippen LogP contribution in [-0.2, 0) is 13.0 Å². The molecule has 0 aliphatic carbocycles. The number of amides is 1. The maximum Gasteiger partial charge on any atom is 0.254 e. The summed E-state index contributed by atoms with van der Waals surface area (Å²) in [5, 5.41) is 1.28. The number of H-pyrrole nitrogens is 1. The van der Waals surface area contributed by atoms with Crippen LogP contribution in [0.4, 0.5) is 0 Å². The van der Waals surface area contributed by atoms with Crippen molar-refractivity contribution >= 4 is 16.8 Å². The molecule has 2 heterocycles. The molecule has 0 atom stereocenters. The first kappa shape index (κ1) is 15.9. The number of benzene rings is 3. The van der Waals surface area contributed by atoms with Crippen molar-refractivity contribution in [2.75, 3.05) is 6.54 Å². The van der Waals surface area contributed by atoms with Crippen molar-refractivity contribution in [2.24, 2.45) is 0 Å². The minimum Gasteiger partial charge on any atom is -0.357 e. The van der Waals surface area contributed by atoms with Crippen LogP contribution in [0.2, 0.25) is 0 Å². The van der Waals surface area contributed by atoms with Gasteiger partial charge in [0.1, 0.15) is 0 Å². The number of para-hydroxylation sites is 1. The molecule has 1 aliphatic heterocycles. The highest BCUT2D eigenvalue weighted by Gasteiger charge is 2.26. The van der Waals surface area contributed by atoms with Gasteiger partial charge in [0.2, 0.25) is 0 Å². The number of aromatic amines is 1. The Morgan fingerprint density at radius 1 is 0.852 bits per heavy atom. The molecule has 1 aliphatic rings. The average molecular weight is 352 g/mol. The van der Waals surface area contributed by atoms with Crippen molar-refractivity contribution in [1.29, 1.82) is 0 Å². The summed E-state index contributed by atoms with van der Waals surface area (Å²) in [7, 11) is 0. The zero-order valence-electron chi connectivity index (χ0n) is 15.0. The van der Waals surface area contributed by atoms with E-state index < -0.39 is 0 Å². The number of aromatic nitrogens is 1. The maximum atomic E-state index is 13.3. The SMILES string of the molecule is O=C(c1ccccc1-c1ccccc1)N1CCc2c([nH]c3ccccc23)C1. The summed E-state index contributed by atoms with van der Waals surface area (Å²) in [6.45, 7) is 1.38. The molecule has 3 aromatic carbocycles. The monoisotopic (exact) mass is 352 g/mol. The molecule has 0 unspecified atom stereocenters. The molecule has 3 nitrogen and oxygen atoms in total. The lowest BCUT2D eigenvalue weighted by Crippen LogP contribution is -2.36. The van der Waals surface area contributed by atoms with Gasteiger partial charge in [0.25, 0.3) is 5.91 Å². The lowest BCUT2D eigenvalue weighted by molar-refractivity contribution is 0.0734. The van der Waals surface area contributed by atoms with Crippen molar-refractivity contribution in [1.82, 2.24) is 9.88 Å². The van der Waals surface area contributed by atoms with Gasteiger partial charge in [0.15, 0.2) is 0 Å². The Labute approximate surface area is 158 Å². The van der Waals surface area contributed by atoms with Crippen molar-refractivity contribution in [2.45, 2.75) is 13.0 Å². The molecule has 5 rings (SSSR count). The first-order valence-electron chi connectivity index (χ1n) is 9.33. The van der Waals surface area contributed by atoms with Gasteiger partial charge in [-0.05, 0) is 35.2 Å². The number of nitrogens with one attached hydrogen (secondary N) is 1. The highest BCUT2D eigenvalue weighted by molar-refractivity contribution is 6.01. The summed E-state index contributed by atoms with van der Waals surface area (Å²) in [6, 6.07) is 26.4. The third-order valence-corrected chi connectivity index (χ3v) is 5.41. The molecule has 0 saturated carbocycles. The predicted molar refractivity (Wildman–Crippen MR) is 109 cm³/mol. The van der Waals surface area contributed by atoms with E-state index in [-0.39, 0.29) is 5.91 Å². The number of fused-ring (bicyclic) bond motifs is 3. The summed E-state index contributed by atoms with van der Waals surface area (Å²) in [4.78, 5) is 18.8. The number of hydrogen-bond acceptors (Lipinski definition) is 1. The van der Waals surface area contributed by atoms with E-state index in [0.29, 0.717) is 6.54 Å². The van der Waals surface area contributed by atoms with Crippen LogP contribution in [0.5, 0.6) is 0 Å². The fourth-order valence-corrected chi connectivity index (χ4v) is 4.08. The van der Waals surface area contributed by atoms with Crippen molar-refractivity contribution in [3.63, 3.8) is 0 Å². The van der Waals surface area contributed by atoms with Gasteiger partial charge in [-0.3, -0.25) is 4.79 Å². The first-order chi connectivity index (χ1) is 13.3. The highest BCUT2D eigenvalue weighted by Crippen LogP contribution is 2.30. The molecule has 27 heavy (non-hydrogen) atoms. The number of carbonyl (C=O) groups is 1. The molecule has 0 fully saturated rings. The summed E-state index contributed by atoms with van der Waals surface area (Å²) in [6.07, 6.45) is 0.887. The van der Waals surface area contributed by atoms with Gasteiger partial charge in [0.05, 0.1) is 6.54 Å². The lowest BCUT2D eigenvalue weighted by Gasteiger charge is -2.28. The van der Waals surface area contributed by atoms with E-state index in [9.17, 15) is 4.79 Å². The predicted octanol–water partition coefficient (Wildman–Crippen LogP) is 5.03. The van der Waals surface area contributed by atoms with Crippen LogP contribution >= 0.6 is 0 Å². The van der Waals surface area contributed by atoms with Crippen molar-refractivity contribution in [3.8, 4) is 11.1 Å². The van der Waals surface area contributed by atoms with Gasteiger partial charge in [-0.2, -0.15) is 0 Å². The van der Waals surface area contributed by atoms with E-state index in [2.05, 4.69) is 35.3 Å². The highest BCUT2D eigenvalue weighted by atomic mass is 16.2. The quantitative estimate of drug-likeness (QED) is 0.539. The second kappa shape index (κ2) is 6.44. The largest absolute Gasteiger partial charge is 0.357 e. The second-order valence-corrected chi connectivity index (χ2v) is 7.02. The van der Waals surface area contributed by atoms with Crippen LogP contribution < -0.4 is 0 Å².